The van der Waals surface area contributed by atoms with Gasteiger partial charge in [0.05, 0.1) is 5.69 Å². The predicted molar refractivity (Wildman–Crippen MR) is 85.6 cm³/mol. The molecule has 0 N–H and O–H groups in total. The third-order valence-electron chi connectivity index (χ3n) is 4.47. The van der Waals surface area contributed by atoms with Crippen LogP contribution in [0.1, 0.15) is 34.9 Å². The van der Waals surface area contributed by atoms with E-state index in [9.17, 15) is 4.39 Å². The van der Waals surface area contributed by atoms with Crippen LogP contribution in [0.2, 0.25) is 0 Å². The molecule has 1 aliphatic rings. The van der Waals surface area contributed by atoms with E-state index in [0.29, 0.717) is 11.8 Å². The fraction of sp³-hybridized carbons (Fsp3) is 0.263. The normalized spacial score (nSPS) is 17.0. The maximum atomic E-state index is 13.4. The van der Waals surface area contributed by atoms with E-state index in [2.05, 4.69) is 9.97 Å². The van der Waals surface area contributed by atoms with Gasteiger partial charge >= 0.3 is 0 Å². The molecule has 0 saturated carbocycles. The molecule has 0 saturated heterocycles. The van der Waals surface area contributed by atoms with Crippen LogP contribution in [0.15, 0.2) is 47.0 Å². The zero-order valence-corrected chi connectivity index (χ0v) is 12.9. The fourth-order valence-corrected chi connectivity index (χ4v) is 3.23. The molecule has 23 heavy (non-hydrogen) atoms. The van der Waals surface area contributed by atoms with Crippen molar-refractivity contribution < 1.29 is 8.81 Å². The van der Waals surface area contributed by atoms with Crippen molar-refractivity contribution >= 4 is 0 Å². The summed E-state index contributed by atoms with van der Waals surface area (Å²) >= 11 is 0. The highest BCUT2D eigenvalue weighted by Crippen LogP contribution is 2.35. The number of aryl methyl sites for hydroxylation is 2. The van der Waals surface area contributed by atoms with Crippen molar-refractivity contribution in [2.45, 2.75) is 32.1 Å². The molecule has 4 heteroatoms. The standard InChI is InChI=1S/C19H17FN2O/c1-12-4-3-9-21-18(12)19-22-16-11-14(7-8-17(16)23-19)13-5-2-6-15(20)10-13/h2-6,9-10,14H,7-8,11H2,1H3. The number of benzene rings is 1. The molecule has 0 fully saturated rings. The third-order valence-corrected chi connectivity index (χ3v) is 4.47. The molecule has 116 valence electrons. The number of nitrogens with zero attached hydrogens (tertiary/aromatic N) is 2. The molecule has 1 atom stereocenters. The molecular formula is C19H17FN2O. The van der Waals surface area contributed by atoms with E-state index in [1.807, 2.05) is 25.1 Å². The summed E-state index contributed by atoms with van der Waals surface area (Å²) in [5.74, 6) is 1.64. The van der Waals surface area contributed by atoms with Crippen molar-refractivity contribution in [3.63, 3.8) is 0 Å². The lowest BCUT2D eigenvalue weighted by molar-refractivity contribution is 0.463. The molecule has 1 unspecified atom stereocenters. The fourth-order valence-electron chi connectivity index (χ4n) is 3.23. The summed E-state index contributed by atoms with van der Waals surface area (Å²) < 4.78 is 19.4. The summed E-state index contributed by atoms with van der Waals surface area (Å²) in [6, 6.07) is 10.8. The number of halogens is 1. The quantitative estimate of drug-likeness (QED) is 0.702. The molecule has 0 bridgehead atoms. The number of hydrogen-bond donors (Lipinski definition) is 0. The minimum atomic E-state index is -0.182. The molecule has 3 aromatic rings. The Morgan fingerprint density at radius 2 is 2.13 bits per heavy atom. The number of aromatic nitrogens is 2. The van der Waals surface area contributed by atoms with Gasteiger partial charge in [0.25, 0.3) is 0 Å². The molecular weight excluding hydrogens is 291 g/mol. The van der Waals surface area contributed by atoms with E-state index in [4.69, 9.17) is 4.42 Å². The Morgan fingerprint density at radius 3 is 2.96 bits per heavy atom. The van der Waals surface area contributed by atoms with Gasteiger partial charge < -0.3 is 4.42 Å². The number of pyridine rings is 1. The van der Waals surface area contributed by atoms with Gasteiger partial charge in [0.15, 0.2) is 0 Å². The Balaban J connectivity index is 1.65. The van der Waals surface area contributed by atoms with Gasteiger partial charge in [0, 0.05) is 19.0 Å². The zero-order valence-electron chi connectivity index (χ0n) is 12.9. The second kappa shape index (κ2) is 5.61. The van der Waals surface area contributed by atoms with Crippen molar-refractivity contribution in [1.29, 1.82) is 0 Å². The van der Waals surface area contributed by atoms with Gasteiger partial charge in [-0.25, -0.2) is 9.37 Å². The van der Waals surface area contributed by atoms with Gasteiger partial charge in [-0.1, -0.05) is 18.2 Å². The Morgan fingerprint density at radius 1 is 1.22 bits per heavy atom. The third kappa shape index (κ3) is 2.65. The Hall–Kier alpha value is -2.49. The van der Waals surface area contributed by atoms with Crippen LogP contribution < -0.4 is 0 Å². The van der Waals surface area contributed by atoms with E-state index in [-0.39, 0.29) is 5.82 Å². The molecule has 4 rings (SSSR count). The first-order valence-electron chi connectivity index (χ1n) is 7.87. The minimum Gasteiger partial charge on any atom is -0.440 e. The monoisotopic (exact) mass is 308 g/mol. The molecule has 3 nitrogen and oxygen atoms in total. The zero-order chi connectivity index (χ0) is 15.8. The molecule has 0 aliphatic heterocycles. The number of hydrogen-bond acceptors (Lipinski definition) is 3. The summed E-state index contributed by atoms with van der Waals surface area (Å²) in [6.07, 6.45) is 4.32. The first kappa shape index (κ1) is 14.1. The summed E-state index contributed by atoms with van der Waals surface area (Å²) in [7, 11) is 0. The maximum Gasteiger partial charge on any atom is 0.245 e. The van der Waals surface area contributed by atoms with Gasteiger partial charge in [0.1, 0.15) is 17.3 Å². The van der Waals surface area contributed by atoms with Crippen molar-refractivity contribution in [2.75, 3.05) is 0 Å². The largest absolute Gasteiger partial charge is 0.440 e. The average Bonchev–Trinajstić information content (AvgIpc) is 2.98. The van der Waals surface area contributed by atoms with Crippen molar-refractivity contribution in [2.24, 2.45) is 0 Å². The lowest BCUT2D eigenvalue weighted by atomic mass is 9.85. The van der Waals surface area contributed by atoms with Crippen LogP contribution in [0.25, 0.3) is 11.6 Å². The van der Waals surface area contributed by atoms with Crippen LogP contribution >= 0.6 is 0 Å². The van der Waals surface area contributed by atoms with Gasteiger partial charge in [0.2, 0.25) is 5.89 Å². The summed E-state index contributed by atoms with van der Waals surface area (Å²) in [6.45, 7) is 2.00. The van der Waals surface area contributed by atoms with Crippen LogP contribution in [0.3, 0.4) is 0 Å². The Labute approximate surface area is 134 Å². The molecule has 2 heterocycles. The molecule has 2 aromatic heterocycles. The molecule has 0 amide bonds. The topological polar surface area (TPSA) is 38.9 Å². The van der Waals surface area contributed by atoms with E-state index >= 15 is 0 Å². The van der Waals surface area contributed by atoms with Gasteiger partial charge in [-0.2, -0.15) is 0 Å². The van der Waals surface area contributed by atoms with Crippen LogP contribution in [0.4, 0.5) is 4.39 Å². The Bertz CT molecular complexity index is 856. The van der Waals surface area contributed by atoms with E-state index in [1.54, 1.807) is 18.3 Å². The first-order chi connectivity index (χ1) is 11.2. The highest BCUT2D eigenvalue weighted by atomic mass is 19.1. The first-order valence-corrected chi connectivity index (χ1v) is 7.87. The van der Waals surface area contributed by atoms with Crippen LogP contribution in [0.5, 0.6) is 0 Å². The average molecular weight is 308 g/mol. The number of fused-ring (bicyclic) bond motifs is 1. The lowest BCUT2D eigenvalue weighted by Gasteiger charge is -2.20. The summed E-state index contributed by atoms with van der Waals surface area (Å²) in [5, 5.41) is 0. The molecule has 0 spiro atoms. The Kier molecular flexibility index (Phi) is 3.45. The second-order valence-corrected chi connectivity index (χ2v) is 6.05. The minimum absolute atomic E-state index is 0.182. The summed E-state index contributed by atoms with van der Waals surface area (Å²) in [4.78, 5) is 9.03. The molecule has 0 radical (unpaired) electrons. The van der Waals surface area contributed by atoms with Crippen molar-refractivity contribution in [3.8, 4) is 11.6 Å². The van der Waals surface area contributed by atoms with E-state index in [1.165, 1.54) is 6.07 Å². The van der Waals surface area contributed by atoms with Crippen molar-refractivity contribution in [3.05, 3.63) is 71.0 Å². The van der Waals surface area contributed by atoms with Gasteiger partial charge in [-0.3, -0.25) is 4.98 Å². The van der Waals surface area contributed by atoms with Gasteiger partial charge in [-0.05, 0) is 48.6 Å². The highest BCUT2D eigenvalue weighted by molar-refractivity contribution is 5.53. The van der Waals surface area contributed by atoms with E-state index in [0.717, 1.165) is 47.5 Å². The maximum absolute atomic E-state index is 13.4. The number of oxazole rings is 1. The smallest absolute Gasteiger partial charge is 0.245 e. The lowest BCUT2D eigenvalue weighted by Crippen LogP contribution is -2.12. The summed E-state index contributed by atoms with van der Waals surface area (Å²) in [5.41, 5.74) is 3.86. The SMILES string of the molecule is Cc1cccnc1-c1nc2c(o1)CCC(c1cccc(F)c1)C2. The van der Waals surface area contributed by atoms with Crippen molar-refractivity contribution in [1.82, 2.24) is 9.97 Å². The second-order valence-electron chi connectivity index (χ2n) is 6.05. The predicted octanol–water partition coefficient (Wildman–Crippen LogP) is 4.46. The van der Waals surface area contributed by atoms with Crippen LogP contribution in [-0.2, 0) is 12.8 Å². The molecule has 1 aliphatic carbocycles. The molecule has 1 aromatic carbocycles. The number of rotatable bonds is 2. The van der Waals surface area contributed by atoms with E-state index < -0.39 is 0 Å². The van der Waals surface area contributed by atoms with Crippen LogP contribution in [-0.4, -0.2) is 9.97 Å². The van der Waals surface area contributed by atoms with Gasteiger partial charge in [-0.15, -0.1) is 0 Å². The van der Waals surface area contributed by atoms with Crippen LogP contribution in [0, 0.1) is 12.7 Å². The highest BCUT2D eigenvalue weighted by Gasteiger charge is 2.26.